The van der Waals surface area contributed by atoms with Gasteiger partial charge in [-0.3, -0.25) is 9.59 Å². The molecule has 0 aliphatic rings. The summed E-state index contributed by atoms with van der Waals surface area (Å²) in [5.41, 5.74) is 5.39. The number of aliphatic hydroxyl groups is 1. The summed E-state index contributed by atoms with van der Waals surface area (Å²) in [4.78, 5) is 22.5. The monoisotopic (exact) mass is 278 g/mol. The summed E-state index contributed by atoms with van der Waals surface area (Å²) in [6.45, 7) is -0.0950. The van der Waals surface area contributed by atoms with Crippen LogP contribution in [-0.4, -0.2) is 30.1 Å². The number of hydrogen-bond acceptors (Lipinski definition) is 3. The molecule has 106 valence electrons. The van der Waals surface area contributed by atoms with Crippen LogP contribution in [-0.2, 0) is 4.79 Å². The predicted octanol–water partition coefficient (Wildman–Crippen LogP) is 0.165. The summed E-state index contributed by atoms with van der Waals surface area (Å²) in [6.07, 6.45) is 0.578. The number of hydrogen-bond donors (Lipinski definition) is 3. The third-order valence-corrected chi connectivity index (χ3v) is 2.41. The van der Waals surface area contributed by atoms with Crippen molar-refractivity contribution >= 4 is 11.8 Å². The third-order valence-electron chi connectivity index (χ3n) is 2.41. The van der Waals surface area contributed by atoms with Crippen molar-refractivity contribution in [3.05, 3.63) is 35.1 Å². The molecule has 4 N–H and O–H groups in total. The number of primary amides is 1. The van der Waals surface area contributed by atoms with E-state index in [0.717, 1.165) is 6.07 Å². The third kappa shape index (κ3) is 5.08. The van der Waals surface area contributed by atoms with Gasteiger partial charge in [-0.2, -0.15) is 0 Å². The second-order valence-electron chi connectivity index (χ2n) is 3.98. The van der Waals surface area contributed by atoms with E-state index in [-0.39, 0.29) is 25.1 Å². The van der Waals surface area contributed by atoms with Gasteiger partial charge in [0.05, 0.1) is 5.56 Å². The number of nitrogens with two attached hydrogens (primary N) is 1. The predicted molar refractivity (Wildman–Crippen MR) is 71.1 cm³/mol. The molecule has 0 unspecified atom stereocenters. The van der Waals surface area contributed by atoms with E-state index in [9.17, 15) is 14.0 Å². The van der Waals surface area contributed by atoms with Crippen LogP contribution in [0.2, 0.25) is 0 Å². The highest BCUT2D eigenvalue weighted by Crippen LogP contribution is 2.10. The number of carbonyl (C=O) groups excluding carboxylic acids is 2. The van der Waals surface area contributed by atoms with Crippen molar-refractivity contribution in [3.63, 3.8) is 0 Å². The minimum absolute atomic E-state index is 0.0880. The molecule has 1 rings (SSSR count). The molecule has 0 atom stereocenters. The second-order valence-corrected chi connectivity index (χ2v) is 3.98. The Bertz CT molecular complexity index is 561. The van der Waals surface area contributed by atoms with Crippen molar-refractivity contribution in [2.45, 2.75) is 12.8 Å². The van der Waals surface area contributed by atoms with Crippen molar-refractivity contribution in [2.75, 3.05) is 13.2 Å². The largest absolute Gasteiger partial charge is 0.384 e. The van der Waals surface area contributed by atoms with Gasteiger partial charge in [-0.1, -0.05) is 11.8 Å². The zero-order chi connectivity index (χ0) is 15.0. The van der Waals surface area contributed by atoms with Gasteiger partial charge in [0.25, 0.3) is 5.91 Å². The Kier molecular flexibility index (Phi) is 6.20. The van der Waals surface area contributed by atoms with Gasteiger partial charge in [0, 0.05) is 18.5 Å². The topological polar surface area (TPSA) is 92.4 Å². The maximum atomic E-state index is 13.2. The van der Waals surface area contributed by atoms with E-state index in [2.05, 4.69) is 17.2 Å². The van der Waals surface area contributed by atoms with E-state index >= 15 is 0 Å². The lowest BCUT2D eigenvalue weighted by atomic mass is 10.1. The molecule has 0 radical (unpaired) electrons. The van der Waals surface area contributed by atoms with Gasteiger partial charge in [-0.25, -0.2) is 4.39 Å². The van der Waals surface area contributed by atoms with Gasteiger partial charge in [-0.15, -0.1) is 0 Å². The zero-order valence-electron chi connectivity index (χ0n) is 10.8. The number of nitrogens with one attached hydrogen (secondary N) is 1. The molecule has 0 aliphatic carbocycles. The first-order valence-electron chi connectivity index (χ1n) is 6.00. The van der Waals surface area contributed by atoms with Crippen molar-refractivity contribution in [3.8, 4) is 11.8 Å². The molecule has 0 heterocycles. The summed E-state index contributed by atoms with van der Waals surface area (Å²) < 4.78 is 13.2. The fraction of sp³-hybridized carbons (Fsp3) is 0.286. The van der Waals surface area contributed by atoms with Crippen LogP contribution < -0.4 is 11.1 Å². The molecule has 20 heavy (non-hydrogen) atoms. The van der Waals surface area contributed by atoms with Crippen molar-refractivity contribution in [1.29, 1.82) is 0 Å². The molecule has 0 saturated carbocycles. The molecule has 0 spiro atoms. The maximum Gasteiger partial charge on any atom is 0.252 e. The molecule has 1 aromatic rings. The van der Waals surface area contributed by atoms with Gasteiger partial charge < -0.3 is 16.2 Å². The van der Waals surface area contributed by atoms with Gasteiger partial charge in [0.1, 0.15) is 12.4 Å². The van der Waals surface area contributed by atoms with Crippen LogP contribution in [0.5, 0.6) is 0 Å². The Hall–Kier alpha value is -2.39. The fourth-order valence-electron chi connectivity index (χ4n) is 1.51. The Morgan fingerprint density at radius 3 is 2.80 bits per heavy atom. The number of aliphatic hydroxyl groups excluding tert-OH is 1. The van der Waals surface area contributed by atoms with Crippen LogP contribution in [0.1, 0.15) is 28.8 Å². The van der Waals surface area contributed by atoms with E-state index in [0.29, 0.717) is 12.0 Å². The molecule has 1 aromatic carbocycles. The summed E-state index contributed by atoms with van der Waals surface area (Å²) in [6, 6.07) is 3.63. The summed E-state index contributed by atoms with van der Waals surface area (Å²) >= 11 is 0. The maximum absolute atomic E-state index is 13.2. The summed E-state index contributed by atoms with van der Waals surface area (Å²) in [5, 5.41) is 11.2. The van der Waals surface area contributed by atoms with Crippen LogP contribution in [0.3, 0.4) is 0 Å². The molecular weight excluding hydrogens is 263 g/mol. The standard InChI is InChI=1S/C14H15FN2O3/c15-11-6-5-10(3-2-8-18)12(9-11)14(20)17-7-1-4-13(16)19/h5-6,9,18H,1,4,7-8H2,(H2,16,19)(H,17,20). The molecular formula is C14H15FN2O3. The summed E-state index contributed by atoms with van der Waals surface area (Å²) in [5.74, 6) is 3.49. The Labute approximate surface area is 116 Å². The van der Waals surface area contributed by atoms with Crippen molar-refractivity contribution in [1.82, 2.24) is 5.32 Å². The fourth-order valence-corrected chi connectivity index (χ4v) is 1.51. The smallest absolute Gasteiger partial charge is 0.252 e. The quantitative estimate of drug-likeness (QED) is 0.529. The van der Waals surface area contributed by atoms with Gasteiger partial charge in [0.15, 0.2) is 0 Å². The van der Waals surface area contributed by atoms with Crippen LogP contribution in [0.25, 0.3) is 0 Å². The van der Waals surface area contributed by atoms with Crippen LogP contribution in [0, 0.1) is 17.7 Å². The average Bonchev–Trinajstić information content (AvgIpc) is 2.41. The number of benzene rings is 1. The van der Waals surface area contributed by atoms with E-state index in [4.69, 9.17) is 10.8 Å². The SMILES string of the molecule is NC(=O)CCCNC(=O)c1cc(F)ccc1C#CCO. The van der Waals surface area contributed by atoms with Gasteiger partial charge in [-0.05, 0) is 24.6 Å². The zero-order valence-corrected chi connectivity index (χ0v) is 10.8. The molecule has 0 bridgehead atoms. The Morgan fingerprint density at radius 2 is 2.15 bits per heavy atom. The Morgan fingerprint density at radius 1 is 1.40 bits per heavy atom. The lowest BCUT2D eigenvalue weighted by molar-refractivity contribution is -0.118. The highest BCUT2D eigenvalue weighted by Gasteiger charge is 2.11. The van der Waals surface area contributed by atoms with Crippen molar-refractivity contribution in [2.24, 2.45) is 5.73 Å². The second kappa shape index (κ2) is 7.92. The van der Waals surface area contributed by atoms with Crippen LogP contribution in [0.15, 0.2) is 18.2 Å². The van der Waals surface area contributed by atoms with Crippen LogP contribution in [0.4, 0.5) is 4.39 Å². The minimum atomic E-state index is -0.554. The van der Waals surface area contributed by atoms with Gasteiger partial charge in [0.2, 0.25) is 5.91 Å². The van der Waals surface area contributed by atoms with E-state index in [1.165, 1.54) is 12.1 Å². The Balaban J connectivity index is 2.75. The van der Waals surface area contributed by atoms with E-state index in [1.54, 1.807) is 0 Å². The van der Waals surface area contributed by atoms with E-state index < -0.39 is 17.6 Å². The summed E-state index contributed by atoms with van der Waals surface area (Å²) in [7, 11) is 0. The highest BCUT2D eigenvalue weighted by molar-refractivity contribution is 5.96. The van der Waals surface area contributed by atoms with E-state index in [1.807, 2.05) is 0 Å². The molecule has 0 fully saturated rings. The highest BCUT2D eigenvalue weighted by atomic mass is 19.1. The number of halogens is 1. The number of carbonyl (C=O) groups is 2. The molecule has 0 aliphatic heterocycles. The first-order valence-corrected chi connectivity index (χ1v) is 6.00. The molecule has 5 nitrogen and oxygen atoms in total. The molecule has 0 aromatic heterocycles. The lowest BCUT2D eigenvalue weighted by Gasteiger charge is -2.06. The molecule has 6 heteroatoms. The first kappa shape index (κ1) is 15.7. The molecule has 0 saturated heterocycles. The lowest BCUT2D eigenvalue weighted by Crippen LogP contribution is -2.26. The average molecular weight is 278 g/mol. The minimum Gasteiger partial charge on any atom is -0.384 e. The van der Waals surface area contributed by atoms with Crippen LogP contribution >= 0.6 is 0 Å². The van der Waals surface area contributed by atoms with Gasteiger partial charge >= 0.3 is 0 Å². The molecule has 2 amide bonds. The first-order chi connectivity index (χ1) is 9.54. The number of rotatable bonds is 5. The number of amides is 2. The normalized spacial score (nSPS) is 9.50. The van der Waals surface area contributed by atoms with Crippen molar-refractivity contribution < 1.29 is 19.1 Å².